The average Bonchev–Trinajstić information content (AvgIpc) is 1.81. The highest BCUT2D eigenvalue weighted by atomic mass is 16.4. The highest BCUT2D eigenvalue weighted by Crippen LogP contribution is 2.29. The van der Waals surface area contributed by atoms with Crippen LogP contribution in [0.2, 0.25) is 0 Å². The number of aromatic hydroxyl groups is 1. The molecule has 0 radical (unpaired) electrons. The summed E-state index contributed by atoms with van der Waals surface area (Å²) in [4.78, 5) is 185. The van der Waals surface area contributed by atoms with Crippen LogP contribution < -0.4 is 48.7 Å². The lowest BCUT2D eigenvalue weighted by Crippen LogP contribution is -2.63. The van der Waals surface area contributed by atoms with E-state index in [4.69, 9.17) is 16.9 Å². The predicted octanol–water partition coefficient (Wildman–Crippen LogP) is -3.02. The molecule has 0 bridgehead atoms. The van der Waals surface area contributed by atoms with Crippen LogP contribution in [0.15, 0.2) is 24.3 Å². The van der Waals surface area contributed by atoms with E-state index in [-0.39, 0.29) is 121 Å². The zero-order chi connectivity index (χ0) is 74.8. The number of likely N-dealkylation sites (tertiary alicyclic amines) is 3. The van der Waals surface area contributed by atoms with Crippen LogP contribution >= 0.6 is 0 Å². The molecule has 4 fully saturated rings. The Morgan fingerprint density at radius 3 is 1.58 bits per heavy atom. The van der Waals surface area contributed by atoms with E-state index in [1.54, 1.807) is 51.7 Å². The summed E-state index contributed by atoms with van der Waals surface area (Å²) in [7, 11) is 0. The number of nitrogens with two attached hydrogens (primary N) is 2. The van der Waals surface area contributed by atoms with Crippen molar-refractivity contribution in [2.24, 2.45) is 34.6 Å². The van der Waals surface area contributed by atoms with Gasteiger partial charge in [0.1, 0.15) is 54.1 Å². The van der Waals surface area contributed by atoms with Crippen molar-refractivity contribution in [1.29, 1.82) is 5.41 Å². The minimum absolute atomic E-state index is 0.0385. The van der Waals surface area contributed by atoms with Gasteiger partial charge in [-0.2, -0.15) is 0 Å². The first-order valence-electron chi connectivity index (χ1n) is 34.6. The van der Waals surface area contributed by atoms with Gasteiger partial charge in [-0.1, -0.05) is 46.8 Å². The van der Waals surface area contributed by atoms with Gasteiger partial charge in [-0.15, -0.1) is 0 Å². The number of phenolic OH excluding ortho intramolecular Hbond substituents is 1. The monoisotopic (exact) mass is 1430 g/mol. The van der Waals surface area contributed by atoms with Crippen LogP contribution in [0.25, 0.3) is 0 Å². The Bertz CT molecular complexity index is 3030. The summed E-state index contributed by atoms with van der Waals surface area (Å²) in [5.74, 6) is -13.8. The molecular formula is C66H106N16O19. The number of carbonyl (C=O) groups is 13. The Hall–Kier alpha value is -8.80. The molecule has 35 nitrogen and oxygen atoms in total. The molecule has 4 heterocycles. The molecule has 8 amide bonds. The van der Waals surface area contributed by atoms with Crippen molar-refractivity contribution in [3.8, 4) is 5.75 Å². The second-order valence-corrected chi connectivity index (χ2v) is 28.1. The Balaban J connectivity index is 1.39. The van der Waals surface area contributed by atoms with Gasteiger partial charge in [-0.3, -0.25) is 77.6 Å². The maximum Gasteiger partial charge on any atom is 0.326 e. The molecule has 4 aliphatic heterocycles. The number of phenols is 1. The molecule has 1 aromatic rings. The maximum absolute atomic E-state index is 15.4. The summed E-state index contributed by atoms with van der Waals surface area (Å²) in [6.45, 7) is 6.45. The third-order valence-electron chi connectivity index (χ3n) is 18.6. The number of hydrogen-bond acceptors (Lipinski definition) is 20. The second-order valence-electron chi connectivity index (χ2n) is 28.1. The van der Waals surface area contributed by atoms with Crippen LogP contribution in [0.3, 0.4) is 0 Å². The molecule has 0 saturated carbocycles. The third kappa shape index (κ3) is 26.9. The second kappa shape index (κ2) is 40.0. The van der Waals surface area contributed by atoms with E-state index in [2.05, 4.69) is 37.2 Å². The summed E-state index contributed by atoms with van der Waals surface area (Å²) in [6.07, 6.45) is 3.03. The molecule has 0 aromatic heterocycles. The van der Waals surface area contributed by atoms with Crippen LogP contribution in [0, 0.1) is 28.6 Å². The van der Waals surface area contributed by atoms with Gasteiger partial charge in [-0.05, 0) is 138 Å². The van der Waals surface area contributed by atoms with E-state index in [1.807, 2.05) is 0 Å². The zero-order valence-corrected chi connectivity index (χ0v) is 58.5. The quantitative estimate of drug-likeness (QED) is 0.0177. The molecule has 0 spiro atoms. The van der Waals surface area contributed by atoms with Crippen molar-refractivity contribution in [3.63, 3.8) is 0 Å². The van der Waals surface area contributed by atoms with Crippen molar-refractivity contribution in [1.82, 2.24) is 66.6 Å². The Morgan fingerprint density at radius 2 is 1.08 bits per heavy atom. The molecule has 5 rings (SSSR count). The zero-order valence-electron chi connectivity index (χ0n) is 58.5. The number of benzene rings is 1. The van der Waals surface area contributed by atoms with Crippen LogP contribution in [0.1, 0.15) is 117 Å². The summed E-state index contributed by atoms with van der Waals surface area (Å²) in [6, 6.07) is -4.28. The number of carboxylic acid groups (broad SMARTS) is 5. The Morgan fingerprint density at radius 1 is 0.574 bits per heavy atom. The first kappa shape index (κ1) is 82.9. The van der Waals surface area contributed by atoms with E-state index in [0.717, 1.165) is 4.90 Å². The van der Waals surface area contributed by atoms with Crippen LogP contribution in [0.4, 0.5) is 0 Å². The number of amides is 8. The van der Waals surface area contributed by atoms with Gasteiger partial charge >= 0.3 is 29.8 Å². The highest BCUT2D eigenvalue weighted by Gasteiger charge is 2.46. The van der Waals surface area contributed by atoms with Gasteiger partial charge in [0.05, 0.1) is 32.7 Å². The Labute approximate surface area is 587 Å². The van der Waals surface area contributed by atoms with Crippen molar-refractivity contribution in [3.05, 3.63) is 29.8 Å². The summed E-state index contributed by atoms with van der Waals surface area (Å²) < 4.78 is 0. The molecule has 101 heavy (non-hydrogen) atoms. The number of carboxylic acids is 5. The minimum Gasteiger partial charge on any atom is -0.508 e. The number of nitrogens with zero attached hydrogens (tertiary/aromatic N) is 6. The first-order valence-corrected chi connectivity index (χ1v) is 34.6. The van der Waals surface area contributed by atoms with Gasteiger partial charge in [0.25, 0.3) is 0 Å². The largest absolute Gasteiger partial charge is 0.508 e. The average molecular weight is 1430 g/mol. The number of carbonyl (C=O) groups excluding carboxylic acids is 8. The Kier molecular flexibility index (Phi) is 32.8. The van der Waals surface area contributed by atoms with E-state index in [9.17, 15) is 83.4 Å². The molecule has 4 saturated heterocycles. The molecule has 35 heteroatoms. The maximum atomic E-state index is 15.4. The molecule has 1 aromatic carbocycles. The topological polar surface area (TPSA) is 523 Å². The predicted molar refractivity (Wildman–Crippen MR) is 364 cm³/mol. The number of nitrogens with one attached hydrogen (secondary N) is 8. The molecular weight excluding hydrogens is 1320 g/mol. The first-order chi connectivity index (χ1) is 47.6. The van der Waals surface area contributed by atoms with Crippen LogP contribution in [-0.4, -0.2) is 296 Å². The SMILES string of the molecule is CC(C)C[C@H](NC(=O)[C@@H](NC(=O)[C@H](Cc1ccc(O)cc1)NC(=O)[C@@H]1CCCN1C(=O)[C@@H](NC(=O)[C@@H](NC(=O)[C@@H]1CCCN1C(=O)[C@@H](CCCCN)NC(=O)CN(CCN(CCN(CC(=O)O)CC(=O)O)CC(=O)O)CC(=O)O)C1CCN(C(=N)N)CC1)C1CCNCC1)C(C)(C)C)C(=O)O. The van der Waals surface area contributed by atoms with Gasteiger partial charge < -0.3 is 94.0 Å². The summed E-state index contributed by atoms with van der Waals surface area (Å²) in [5, 5.41) is 86.3. The third-order valence-corrected chi connectivity index (χ3v) is 18.6. The lowest BCUT2D eigenvalue weighted by molar-refractivity contribution is -0.145. The van der Waals surface area contributed by atoms with Crippen molar-refractivity contribution in [2.45, 2.75) is 166 Å². The normalized spacial score (nSPS) is 18.6. The van der Waals surface area contributed by atoms with Crippen molar-refractivity contribution >= 4 is 83.1 Å². The van der Waals surface area contributed by atoms with Crippen molar-refractivity contribution < 1.29 is 93.0 Å². The number of hydrogen-bond donors (Lipinski definition) is 16. The number of piperidine rings is 2. The van der Waals surface area contributed by atoms with E-state index in [1.165, 1.54) is 31.7 Å². The highest BCUT2D eigenvalue weighted by molar-refractivity contribution is 5.99. The van der Waals surface area contributed by atoms with Crippen LogP contribution in [0.5, 0.6) is 5.75 Å². The smallest absolute Gasteiger partial charge is 0.326 e. The number of guanidine groups is 1. The van der Waals surface area contributed by atoms with E-state index >= 15 is 9.59 Å². The number of unbranched alkanes of at least 4 members (excludes halogenated alkanes) is 1. The van der Waals surface area contributed by atoms with Gasteiger partial charge in [-0.25, -0.2) is 4.79 Å². The minimum atomic E-state index is -1.39. The van der Waals surface area contributed by atoms with E-state index in [0.29, 0.717) is 57.2 Å². The summed E-state index contributed by atoms with van der Waals surface area (Å²) >= 11 is 0. The fraction of sp³-hybridized carbons (Fsp3) is 0.697. The van der Waals surface area contributed by atoms with Crippen LogP contribution in [-0.2, 0) is 68.7 Å². The van der Waals surface area contributed by atoms with Crippen molar-refractivity contribution in [2.75, 3.05) is 105 Å². The lowest BCUT2D eigenvalue weighted by atomic mass is 9.85. The number of aliphatic carboxylic acids is 5. The van der Waals surface area contributed by atoms with Gasteiger partial charge in [0.2, 0.25) is 47.3 Å². The lowest BCUT2D eigenvalue weighted by Gasteiger charge is -2.39. The summed E-state index contributed by atoms with van der Waals surface area (Å²) in [5.41, 5.74) is 11.2. The van der Waals surface area contributed by atoms with E-state index < -0.39 is 175 Å². The fourth-order valence-electron chi connectivity index (χ4n) is 13.3. The standard InChI is InChI=1S/C66H106N16O19/c1-39(2)32-46(64(100)101)73-61(97)56(66(3,4)5)76-57(93)45(33-40-13-15-43(83)16-14-40)72-58(94)47-11-9-25-82(47)63(99)55(41-17-22-70-23-18-41)75-60(96)54(42-19-26-80(27-20-42)65(68)69)74-59(95)48-12-8-24-81(48)62(98)44(10-6-7-21-67)71-49(84)34-78(36-51(87)88)30-28-77(35-50(85)86)29-31-79(37-52(89)90)38-53(91)92/h13-16,39,41-42,44-48,54-56,70,83H,6-12,17-38,67H2,1-5H3,(H3,68,69)(H,71,84)(H,72,94)(H,73,97)(H,74,95)(H,75,96)(H,76,93)(H,85,86)(H,87,88)(H,89,90)(H,91,92)(H,100,101)/t44-,45+,46+,47+,48+,54+,55+,56-/m1/s1. The molecule has 8 atom stereocenters. The molecule has 0 unspecified atom stereocenters. The molecule has 0 aliphatic carbocycles. The molecule has 4 aliphatic rings. The fourth-order valence-corrected chi connectivity index (χ4v) is 13.3. The van der Waals surface area contributed by atoms with Gasteiger partial charge in [0, 0.05) is 58.8 Å². The number of rotatable bonds is 40. The molecule has 564 valence electrons. The molecule has 18 N–H and O–H groups in total. The van der Waals surface area contributed by atoms with Gasteiger partial charge in [0.15, 0.2) is 5.96 Å².